The third-order valence-corrected chi connectivity index (χ3v) is 4.94. The van der Waals surface area contributed by atoms with Crippen LogP contribution in [0.2, 0.25) is 0 Å². The van der Waals surface area contributed by atoms with Crippen molar-refractivity contribution < 1.29 is 0 Å². The Bertz CT molecular complexity index is 571. The molecule has 1 atom stereocenters. The van der Waals surface area contributed by atoms with Crippen LogP contribution in [0.3, 0.4) is 0 Å². The maximum atomic E-state index is 4.87. The molecule has 3 heterocycles. The molecular weight excluding hydrogens is 268 g/mol. The van der Waals surface area contributed by atoms with Crippen molar-refractivity contribution in [1.82, 2.24) is 14.7 Å². The third kappa shape index (κ3) is 2.56. The van der Waals surface area contributed by atoms with Crippen LogP contribution < -0.4 is 10.2 Å². The first-order valence-corrected chi connectivity index (χ1v) is 8.49. The Hall–Kier alpha value is -1.07. The minimum Gasteiger partial charge on any atom is -0.355 e. The summed E-state index contributed by atoms with van der Waals surface area (Å²) in [6.45, 7) is 9.87. The van der Waals surface area contributed by atoms with E-state index in [1.54, 1.807) is 11.3 Å². The zero-order valence-electron chi connectivity index (χ0n) is 12.6. The van der Waals surface area contributed by atoms with Gasteiger partial charge in [0.25, 0.3) is 0 Å². The minimum atomic E-state index is 0.494. The summed E-state index contributed by atoms with van der Waals surface area (Å²) in [5.41, 5.74) is 1.31. The smallest absolute Gasteiger partial charge is 0.195 e. The Kier molecular flexibility index (Phi) is 3.98. The van der Waals surface area contributed by atoms with Crippen molar-refractivity contribution in [2.45, 2.75) is 46.2 Å². The molecule has 1 aliphatic heterocycles. The standard InChI is InChI=1S/C15H24N4S/c1-4-12-5-6-18(10-12)14-13(9-16-11(2)3)19-7-8-20-15(19)17-14/h7-8,11-12,16H,4-6,9-10H2,1-3H3. The van der Waals surface area contributed by atoms with Crippen LogP contribution in [0, 0.1) is 5.92 Å². The molecule has 2 aromatic rings. The molecule has 1 fully saturated rings. The molecule has 0 saturated carbocycles. The Labute approximate surface area is 124 Å². The van der Waals surface area contributed by atoms with Crippen molar-refractivity contribution in [3.8, 4) is 0 Å². The van der Waals surface area contributed by atoms with Crippen molar-refractivity contribution in [2.75, 3.05) is 18.0 Å². The Balaban J connectivity index is 1.89. The highest BCUT2D eigenvalue weighted by atomic mass is 32.1. The van der Waals surface area contributed by atoms with Crippen LogP contribution in [0.5, 0.6) is 0 Å². The normalized spacial score (nSPS) is 19.6. The first kappa shape index (κ1) is 13.9. The topological polar surface area (TPSA) is 32.6 Å². The molecule has 3 rings (SSSR count). The molecule has 1 aliphatic rings. The van der Waals surface area contributed by atoms with Crippen LogP contribution >= 0.6 is 11.3 Å². The molecule has 0 aromatic carbocycles. The molecular formula is C15H24N4S. The van der Waals surface area contributed by atoms with Gasteiger partial charge < -0.3 is 10.2 Å². The van der Waals surface area contributed by atoms with E-state index in [1.165, 1.54) is 24.4 Å². The molecule has 110 valence electrons. The second-order valence-electron chi connectivity index (χ2n) is 5.98. The van der Waals surface area contributed by atoms with Crippen molar-refractivity contribution in [2.24, 2.45) is 5.92 Å². The Morgan fingerprint density at radius 1 is 1.50 bits per heavy atom. The third-order valence-electron chi connectivity index (χ3n) is 4.18. The molecule has 0 bridgehead atoms. The molecule has 2 aromatic heterocycles. The number of anilines is 1. The predicted molar refractivity (Wildman–Crippen MR) is 85.7 cm³/mol. The number of hydrogen-bond donors (Lipinski definition) is 1. The van der Waals surface area contributed by atoms with Gasteiger partial charge in [-0.2, -0.15) is 0 Å². The lowest BCUT2D eigenvalue weighted by Crippen LogP contribution is -2.26. The van der Waals surface area contributed by atoms with Gasteiger partial charge in [0.05, 0.1) is 5.69 Å². The van der Waals surface area contributed by atoms with Gasteiger partial charge in [0.15, 0.2) is 10.8 Å². The summed E-state index contributed by atoms with van der Waals surface area (Å²) in [4.78, 5) is 8.46. The number of nitrogens with zero attached hydrogens (tertiary/aromatic N) is 3. The number of thiazole rings is 1. The molecule has 0 amide bonds. The number of rotatable bonds is 5. The van der Waals surface area contributed by atoms with E-state index in [1.807, 2.05) is 0 Å². The molecule has 4 nitrogen and oxygen atoms in total. The number of imidazole rings is 1. The van der Waals surface area contributed by atoms with Crippen LogP contribution in [0.25, 0.3) is 4.96 Å². The van der Waals surface area contributed by atoms with Gasteiger partial charge in [0, 0.05) is 37.3 Å². The quantitative estimate of drug-likeness (QED) is 0.919. The number of nitrogens with one attached hydrogen (secondary N) is 1. The second kappa shape index (κ2) is 5.74. The van der Waals surface area contributed by atoms with Crippen molar-refractivity contribution in [1.29, 1.82) is 0 Å². The minimum absolute atomic E-state index is 0.494. The summed E-state index contributed by atoms with van der Waals surface area (Å²) in [5, 5.41) is 5.65. The molecule has 5 heteroatoms. The van der Waals surface area contributed by atoms with Crippen LogP contribution in [0.1, 0.15) is 39.3 Å². The predicted octanol–water partition coefficient (Wildman–Crippen LogP) is 3.13. The van der Waals surface area contributed by atoms with Gasteiger partial charge in [-0.1, -0.05) is 27.2 Å². The molecule has 20 heavy (non-hydrogen) atoms. The zero-order valence-corrected chi connectivity index (χ0v) is 13.4. The van der Waals surface area contributed by atoms with E-state index >= 15 is 0 Å². The van der Waals surface area contributed by atoms with E-state index in [9.17, 15) is 0 Å². The van der Waals surface area contributed by atoms with E-state index in [-0.39, 0.29) is 0 Å². The van der Waals surface area contributed by atoms with E-state index in [0.717, 1.165) is 30.5 Å². The van der Waals surface area contributed by atoms with Crippen LogP contribution in [0.15, 0.2) is 11.6 Å². The summed E-state index contributed by atoms with van der Waals surface area (Å²) in [6, 6.07) is 0.494. The average molecular weight is 292 g/mol. The number of fused-ring (bicyclic) bond motifs is 1. The lowest BCUT2D eigenvalue weighted by molar-refractivity contribution is 0.566. The van der Waals surface area contributed by atoms with E-state index in [0.29, 0.717) is 6.04 Å². The maximum Gasteiger partial charge on any atom is 0.195 e. The Morgan fingerprint density at radius 2 is 2.35 bits per heavy atom. The number of aromatic nitrogens is 2. The summed E-state index contributed by atoms with van der Waals surface area (Å²) < 4.78 is 2.24. The average Bonchev–Trinajstić information content (AvgIpc) is 3.11. The van der Waals surface area contributed by atoms with Crippen LogP contribution in [0.4, 0.5) is 5.82 Å². The monoisotopic (exact) mass is 292 g/mol. The van der Waals surface area contributed by atoms with E-state index < -0.39 is 0 Å². The highest BCUT2D eigenvalue weighted by Crippen LogP contribution is 2.30. The second-order valence-corrected chi connectivity index (χ2v) is 6.86. The maximum absolute atomic E-state index is 4.87. The molecule has 1 unspecified atom stereocenters. The van der Waals surface area contributed by atoms with Crippen molar-refractivity contribution >= 4 is 22.1 Å². The van der Waals surface area contributed by atoms with Gasteiger partial charge in [-0.25, -0.2) is 4.98 Å². The van der Waals surface area contributed by atoms with Crippen LogP contribution in [-0.4, -0.2) is 28.5 Å². The highest BCUT2D eigenvalue weighted by molar-refractivity contribution is 7.15. The first-order chi connectivity index (χ1) is 9.69. The summed E-state index contributed by atoms with van der Waals surface area (Å²) in [5.74, 6) is 2.03. The summed E-state index contributed by atoms with van der Waals surface area (Å²) in [7, 11) is 0. The SMILES string of the molecule is CCC1CCN(c2nc3sccn3c2CNC(C)C)C1. The fourth-order valence-corrected chi connectivity index (χ4v) is 3.63. The lowest BCUT2D eigenvalue weighted by atomic mass is 10.1. The fraction of sp³-hybridized carbons (Fsp3) is 0.667. The van der Waals surface area contributed by atoms with Gasteiger partial charge in [-0.05, 0) is 12.3 Å². The number of hydrogen-bond acceptors (Lipinski definition) is 4. The fourth-order valence-electron chi connectivity index (χ4n) is 2.90. The van der Waals surface area contributed by atoms with Crippen molar-refractivity contribution in [3.63, 3.8) is 0 Å². The van der Waals surface area contributed by atoms with Gasteiger partial charge in [0.1, 0.15) is 0 Å². The van der Waals surface area contributed by atoms with Gasteiger partial charge in [0.2, 0.25) is 0 Å². The zero-order chi connectivity index (χ0) is 14.1. The van der Waals surface area contributed by atoms with Gasteiger partial charge in [-0.15, -0.1) is 11.3 Å². The van der Waals surface area contributed by atoms with Gasteiger partial charge >= 0.3 is 0 Å². The van der Waals surface area contributed by atoms with Gasteiger partial charge in [-0.3, -0.25) is 4.40 Å². The molecule has 1 saturated heterocycles. The first-order valence-electron chi connectivity index (χ1n) is 7.61. The Morgan fingerprint density at radius 3 is 3.05 bits per heavy atom. The van der Waals surface area contributed by atoms with E-state index in [4.69, 9.17) is 4.98 Å². The van der Waals surface area contributed by atoms with Crippen molar-refractivity contribution in [3.05, 3.63) is 17.3 Å². The molecule has 0 spiro atoms. The molecule has 1 N–H and O–H groups in total. The largest absolute Gasteiger partial charge is 0.355 e. The molecule has 0 aliphatic carbocycles. The highest BCUT2D eigenvalue weighted by Gasteiger charge is 2.26. The summed E-state index contributed by atoms with van der Waals surface area (Å²) in [6.07, 6.45) is 4.72. The van der Waals surface area contributed by atoms with E-state index in [2.05, 4.69) is 47.0 Å². The van der Waals surface area contributed by atoms with Crippen LogP contribution in [-0.2, 0) is 6.54 Å². The lowest BCUT2D eigenvalue weighted by Gasteiger charge is -2.18. The molecule has 0 radical (unpaired) electrons. The summed E-state index contributed by atoms with van der Waals surface area (Å²) >= 11 is 1.72.